The van der Waals surface area contributed by atoms with Crippen LogP contribution in [0.4, 0.5) is 5.69 Å². The van der Waals surface area contributed by atoms with Gasteiger partial charge in [-0.25, -0.2) is 4.79 Å². The molecule has 0 amide bonds. The number of aromatic nitrogens is 2. The van der Waals surface area contributed by atoms with Crippen molar-refractivity contribution in [1.82, 2.24) is 9.78 Å². The van der Waals surface area contributed by atoms with E-state index in [1.807, 2.05) is 51.4 Å². The SMILES string of the molecule is CCOC(=O)C(Nc1ccccc1C)c1cn(C)nc1C. The predicted molar refractivity (Wildman–Crippen MR) is 82.1 cm³/mol. The first-order valence-electron chi connectivity index (χ1n) is 7.02. The number of para-hydroxylation sites is 1. The molecule has 5 heteroatoms. The molecule has 0 saturated carbocycles. The monoisotopic (exact) mass is 287 g/mol. The Labute approximate surface area is 124 Å². The normalized spacial score (nSPS) is 12.0. The first-order chi connectivity index (χ1) is 10.0. The third-order valence-corrected chi connectivity index (χ3v) is 3.33. The predicted octanol–water partition coefficient (Wildman–Crippen LogP) is 2.75. The summed E-state index contributed by atoms with van der Waals surface area (Å²) in [5.74, 6) is -0.295. The van der Waals surface area contributed by atoms with Crippen molar-refractivity contribution in [1.29, 1.82) is 0 Å². The van der Waals surface area contributed by atoms with Crippen LogP contribution in [0.3, 0.4) is 0 Å². The quantitative estimate of drug-likeness (QED) is 0.859. The minimum atomic E-state index is -0.556. The van der Waals surface area contributed by atoms with E-state index in [-0.39, 0.29) is 5.97 Å². The summed E-state index contributed by atoms with van der Waals surface area (Å²) < 4.78 is 6.90. The van der Waals surface area contributed by atoms with Gasteiger partial charge in [-0.3, -0.25) is 4.68 Å². The Balaban J connectivity index is 2.35. The number of nitrogens with one attached hydrogen (secondary N) is 1. The molecule has 0 saturated heterocycles. The molecule has 0 aliphatic heterocycles. The molecule has 5 nitrogen and oxygen atoms in total. The molecular weight excluding hydrogens is 266 g/mol. The lowest BCUT2D eigenvalue weighted by Crippen LogP contribution is -2.24. The molecule has 0 bridgehead atoms. The Morgan fingerprint density at radius 3 is 2.67 bits per heavy atom. The number of hydrogen-bond donors (Lipinski definition) is 1. The summed E-state index contributed by atoms with van der Waals surface area (Å²) in [5.41, 5.74) is 3.64. The highest BCUT2D eigenvalue weighted by molar-refractivity contribution is 5.81. The molecule has 1 atom stereocenters. The summed E-state index contributed by atoms with van der Waals surface area (Å²) in [5, 5.41) is 7.58. The molecule has 1 N–H and O–H groups in total. The van der Waals surface area contributed by atoms with Crippen LogP contribution in [0.15, 0.2) is 30.5 Å². The second kappa shape index (κ2) is 6.43. The zero-order chi connectivity index (χ0) is 15.4. The number of anilines is 1. The average Bonchev–Trinajstić information content (AvgIpc) is 2.77. The zero-order valence-electron chi connectivity index (χ0n) is 12.9. The van der Waals surface area contributed by atoms with E-state index in [1.165, 1.54) is 0 Å². The van der Waals surface area contributed by atoms with Crippen LogP contribution in [0.5, 0.6) is 0 Å². The van der Waals surface area contributed by atoms with Gasteiger partial charge in [-0.05, 0) is 32.4 Å². The second-order valence-corrected chi connectivity index (χ2v) is 4.99. The first kappa shape index (κ1) is 15.1. The molecule has 0 spiro atoms. The molecule has 1 aromatic carbocycles. The van der Waals surface area contributed by atoms with Gasteiger partial charge in [-0.1, -0.05) is 18.2 Å². The van der Waals surface area contributed by atoms with Gasteiger partial charge < -0.3 is 10.1 Å². The van der Waals surface area contributed by atoms with Crippen LogP contribution >= 0.6 is 0 Å². The lowest BCUT2D eigenvalue weighted by atomic mass is 10.1. The average molecular weight is 287 g/mol. The topological polar surface area (TPSA) is 56.1 Å². The maximum absolute atomic E-state index is 12.3. The van der Waals surface area contributed by atoms with Crippen LogP contribution < -0.4 is 5.32 Å². The number of ether oxygens (including phenoxy) is 1. The van der Waals surface area contributed by atoms with Crippen molar-refractivity contribution in [2.24, 2.45) is 7.05 Å². The number of aryl methyl sites for hydroxylation is 3. The van der Waals surface area contributed by atoms with Gasteiger partial charge in [-0.2, -0.15) is 5.10 Å². The van der Waals surface area contributed by atoms with Crippen molar-refractivity contribution >= 4 is 11.7 Å². The standard InChI is InChI=1S/C16H21N3O2/c1-5-21-16(20)15(13-10-19(4)18-12(13)3)17-14-9-7-6-8-11(14)2/h6-10,15,17H,5H2,1-4H3. The van der Waals surface area contributed by atoms with Gasteiger partial charge in [0, 0.05) is 24.5 Å². The van der Waals surface area contributed by atoms with E-state index in [2.05, 4.69) is 10.4 Å². The maximum atomic E-state index is 12.3. The molecule has 0 radical (unpaired) electrons. The molecule has 112 valence electrons. The van der Waals surface area contributed by atoms with E-state index in [0.29, 0.717) is 6.61 Å². The highest BCUT2D eigenvalue weighted by Gasteiger charge is 2.25. The third kappa shape index (κ3) is 3.42. The van der Waals surface area contributed by atoms with E-state index in [9.17, 15) is 4.79 Å². The van der Waals surface area contributed by atoms with Gasteiger partial charge in [0.15, 0.2) is 6.04 Å². The van der Waals surface area contributed by atoms with E-state index in [1.54, 1.807) is 11.6 Å². The Bertz CT molecular complexity index is 634. The third-order valence-electron chi connectivity index (χ3n) is 3.33. The number of esters is 1. The van der Waals surface area contributed by atoms with Gasteiger partial charge in [0.1, 0.15) is 0 Å². The number of nitrogens with zero attached hydrogens (tertiary/aromatic N) is 2. The first-order valence-corrected chi connectivity index (χ1v) is 7.02. The molecule has 1 unspecified atom stereocenters. The van der Waals surface area contributed by atoms with Crippen LogP contribution in [0.1, 0.15) is 29.8 Å². The van der Waals surface area contributed by atoms with Crippen molar-refractivity contribution in [3.05, 3.63) is 47.3 Å². The van der Waals surface area contributed by atoms with Crippen LogP contribution in [-0.2, 0) is 16.6 Å². The van der Waals surface area contributed by atoms with Crippen LogP contribution in [0.2, 0.25) is 0 Å². The summed E-state index contributed by atoms with van der Waals surface area (Å²) in [6.07, 6.45) is 1.85. The Morgan fingerprint density at radius 2 is 2.10 bits per heavy atom. The smallest absolute Gasteiger partial charge is 0.333 e. The lowest BCUT2D eigenvalue weighted by molar-refractivity contribution is -0.144. The van der Waals surface area contributed by atoms with Crippen LogP contribution in [0, 0.1) is 13.8 Å². The molecule has 21 heavy (non-hydrogen) atoms. The minimum Gasteiger partial charge on any atom is -0.464 e. The number of benzene rings is 1. The Morgan fingerprint density at radius 1 is 1.38 bits per heavy atom. The van der Waals surface area contributed by atoms with Gasteiger partial charge in [0.05, 0.1) is 12.3 Å². The summed E-state index contributed by atoms with van der Waals surface area (Å²) in [7, 11) is 1.84. The maximum Gasteiger partial charge on any atom is 0.333 e. The highest BCUT2D eigenvalue weighted by Crippen LogP contribution is 2.25. The van der Waals surface area contributed by atoms with E-state index in [0.717, 1.165) is 22.5 Å². The largest absolute Gasteiger partial charge is 0.464 e. The molecule has 1 aromatic heterocycles. The molecule has 0 aliphatic rings. The van der Waals surface area contributed by atoms with E-state index < -0.39 is 6.04 Å². The number of carbonyl (C=O) groups is 1. The summed E-state index contributed by atoms with van der Waals surface area (Å²) >= 11 is 0. The number of carbonyl (C=O) groups excluding carboxylic acids is 1. The van der Waals surface area contributed by atoms with Gasteiger partial charge >= 0.3 is 5.97 Å². The van der Waals surface area contributed by atoms with Crippen molar-refractivity contribution in [3.63, 3.8) is 0 Å². The fourth-order valence-corrected chi connectivity index (χ4v) is 2.28. The summed E-state index contributed by atoms with van der Waals surface area (Å²) in [6.45, 7) is 6.05. The van der Waals surface area contributed by atoms with Crippen molar-refractivity contribution in [2.75, 3.05) is 11.9 Å². The van der Waals surface area contributed by atoms with Gasteiger partial charge in [0.25, 0.3) is 0 Å². The molecule has 1 heterocycles. The minimum absolute atomic E-state index is 0.295. The second-order valence-electron chi connectivity index (χ2n) is 4.99. The molecular formula is C16H21N3O2. The Kier molecular flexibility index (Phi) is 4.62. The van der Waals surface area contributed by atoms with E-state index in [4.69, 9.17) is 4.74 Å². The zero-order valence-corrected chi connectivity index (χ0v) is 12.9. The van der Waals surface area contributed by atoms with Crippen molar-refractivity contribution in [3.8, 4) is 0 Å². The van der Waals surface area contributed by atoms with Crippen molar-refractivity contribution in [2.45, 2.75) is 26.8 Å². The fraction of sp³-hybridized carbons (Fsp3) is 0.375. The van der Waals surface area contributed by atoms with Gasteiger partial charge in [0.2, 0.25) is 0 Å². The molecule has 0 fully saturated rings. The van der Waals surface area contributed by atoms with Crippen molar-refractivity contribution < 1.29 is 9.53 Å². The van der Waals surface area contributed by atoms with E-state index >= 15 is 0 Å². The Hall–Kier alpha value is -2.30. The lowest BCUT2D eigenvalue weighted by Gasteiger charge is -2.19. The fourth-order valence-electron chi connectivity index (χ4n) is 2.28. The molecule has 2 aromatic rings. The molecule has 2 rings (SSSR count). The number of rotatable bonds is 5. The summed E-state index contributed by atoms with van der Waals surface area (Å²) in [4.78, 5) is 12.3. The molecule has 0 aliphatic carbocycles. The van der Waals surface area contributed by atoms with Gasteiger partial charge in [-0.15, -0.1) is 0 Å². The summed E-state index contributed by atoms with van der Waals surface area (Å²) in [6, 6.07) is 7.30. The number of hydrogen-bond acceptors (Lipinski definition) is 4. The highest BCUT2D eigenvalue weighted by atomic mass is 16.5. The van der Waals surface area contributed by atoms with Crippen LogP contribution in [-0.4, -0.2) is 22.4 Å². The van der Waals surface area contributed by atoms with Crippen LogP contribution in [0.25, 0.3) is 0 Å².